The smallest absolute Gasteiger partial charge is 0.190 e. The SMILES string of the molecule is CNc1ccc2c(c1)-c1ccc3c4c(ccc(c14)O2)-c1c(sc2ccccc12)O3. The molecule has 4 aromatic carbocycles. The lowest BCUT2D eigenvalue weighted by molar-refractivity contribution is 0.484. The predicted molar refractivity (Wildman–Crippen MR) is 120 cm³/mol. The lowest BCUT2D eigenvalue weighted by atomic mass is 9.88. The molecule has 7 rings (SSSR count). The summed E-state index contributed by atoms with van der Waals surface area (Å²) in [7, 11) is 1.94. The quantitative estimate of drug-likeness (QED) is 0.311. The predicted octanol–water partition coefficient (Wildman–Crippen LogP) is 7.64. The van der Waals surface area contributed by atoms with E-state index in [1.54, 1.807) is 11.3 Å². The van der Waals surface area contributed by atoms with E-state index in [1.807, 2.05) is 19.2 Å². The summed E-state index contributed by atoms with van der Waals surface area (Å²) in [6.07, 6.45) is 0. The van der Waals surface area contributed by atoms with Crippen LogP contribution in [0, 0.1) is 0 Å². The molecule has 4 heteroatoms. The average molecular weight is 393 g/mol. The zero-order chi connectivity index (χ0) is 19.1. The van der Waals surface area contributed by atoms with Crippen LogP contribution in [0.5, 0.6) is 22.3 Å². The second-order valence-electron chi connectivity index (χ2n) is 7.40. The number of nitrogens with one attached hydrogen (secondary N) is 1. The van der Waals surface area contributed by atoms with E-state index in [2.05, 4.69) is 59.9 Å². The summed E-state index contributed by atoms with van der Waals surface area (Å²) in [6, 6.07) is 23.3. The highest BCUT2D eigenvalue weighted by molar-refractivity contribution is 7.21. The molecule has 0 spiro atoms. The van der Waals surface area contributed by atoms with Gasteiger partial charge in [0.2, 0.25) is 0 Å². The lowest BCUT2D eigenvalue weighted by Gasteiger charge is -2.26. The van der Waals surface area contributed by atoms with Crippen LogP contribution in [0.2, 0.25) is 0 Å². The summed E-state index contributed by atoms with van der Waals surface area (Å²) in [4.78, 5) is 0. The molecule has 5 aromatic rings. The fourth-order valence-electron chi connectivity index (χ4n) is 4.59. The van der Waals surface area contributed by atoms with Gasteiger partial charge in [-0.2, -0.15) is 0 Å². The summed E-state index contributed by atoms with van der Waals surface area (Å²) in [6.45, 7) is 0. The monoisotopic (exact) mass is 393 g/mol. The maximum Gasteiger partial charge on any atom is 0.190 e. The summed E-state index contributed by atoms with van der Waals surface area (Å²) in [5, 5.41) is 7.70. The number of thiophene rings is 1. The Morgan fingerprint density at radius 1 is 0.724 bits per heavy atom. The number of ether oxygens (including phenoxy) is 2. The van der Waals surface area contributed by atoms with Gasteiger partial charge in [0, 0.05) is 44.7 Å². The zero-order valence-corrected chi connectivity index (χ0v) is 16.4. The van der Waals surface area contributed by atoms with Gasteiger partial charge in [-0.3, -0.25) is 0 Å². The first-order valence-corrected chi connectivity index (χ1v) is 10.4. The molecule has 3 nitrogen and oxygen atoms in total. The van der Waals surface area contributed by atoms with E-state index in [9.17, 15) is 0 Å². The molecule has 29 heavy (non-hydrogen) atoms. The largest absolute Gasteiger partial charge is 0.456 e. The Hall–Kier alpha value is -3.50. The highest BCUT2D eigenvalue weighted by Crippen LogP contribution is 2.58. The van der Waals surface area contributed by atoms with Crippen LogP contribution in [0.15, 0.2) is 66.7 Å². The van der Waals surface area contributed by atoms with Gasteiger partial charge in [-0.05, 0) is 59.7 Å². The number of benzene rings is 4. The molecular weight excluding hydrogens is 378 g/mol. The third kappa shape index (κ3) is 1.91. The third-order valence-electron chi connectivity index (χ3n) is 5.90. The van der Waals surface area contributed by atoms with Gasteiger partial charge in [0.15, 0.2) is 5.06 Å². The maximum atomic E-state index is 6.40. The standard InChI is InChI=1S/C25H15NO2S/c1-26-13-6-9-18-17(12-13)14-7-10-20-24-16(8-11-19(27-18)23(14)24)22-15-4-2-3-5-21(15)29-25(22)28-20/h2-12,26H,1H3. The lowest BCUT2D eigenvalue weighted by Crippen LogP contribution is -2.02. The number of hydrogen-bond donors (Lipinski definition) is 1. The number of hydrogen-bond acceptors (Lipinski definition) is 4. The normalized spacial score (nSPS) is 12.9. The first-order valence-electron chi connectivity index (χ1n) is 9.61. The fourth-order valence-corrected chi connectivity index (χ4v) is 5.67. The molecule has 0 atom stereocenters. The molecule has 2 aliphatic heterocycles. The van der Waals surface area contributed by atoms with E-state index >= 15 is 0 Å². The van der Waals surface area contributed by atoms with Gasteiger partial charge in [0.25, 0.3) is 0 Å². The molecule has 138 valence electrons. The minimum absolute atomic E-state index is 0.886. The number of fused-ring (bicyclic) bond motifs is 6. The van der Waals surface area contributed by atoms with Crippen molar-refractivity contribution in [3.05, 3.63) is 66.7 Å². The fraction of sp³-hybridized carbons (Fsp3) is 0.0400. The minimum atomic E-state index is 0.886. The Morgan fingerprint density at radius 3 is 2.38 bits per heavy atom. The van der Waals surface area contributed by atoms with Gasteiger partial charge < -0.3 is 14.8 Å². The van der Waals surface area contributed by atoms with E-state index in [1.165, 1.54) is 26.8 Å². The molecule has 0 aliphatic carbocycles. The van der Waals surface area contributed by atoms with Crippen molar-refractivity contribution >= 4 is 37.9 Å². The molecule has 1 aromatic heterocycles. The van der Waals surface area contributed by atoms with Crippen LogP contribution < -0.4 is 14.8 Å². The van der Waals surface area contributed by atoms with Crippen molar-refractivity contribution in [3.8, 4) is 44.6 Å². The molecule has 0 unspecified atom stereocenters. The Kier molecular flexibility index (Phi) is 2.82. The number of rotatable bonds is 1. The molecule has 3 heterocycles. The van der Waals surface area contributed by atoms with E-state index in [-0.39, 0.29) is 0 Å². The summed E-state index contributed by atoms with van der Waals surface area (Å²) >= 11 is 1.71. The summed E-state index contributed by atoms with van der Waals surface area (Å²) in [5.41, 5.74) is 5.77. The molecule has 0 saturated heterocycles. The van der Waals surface area contributed by atoms with E-state index in [0.29, 0.717) is 0 Å². The van der Waals surface area contributed by atoms with Crippen LogP contribution in [0.25, 0.3) is 43.1 Å². The van der Waals surface area contributed by atoms with Gasteiger partial charge in [-0.15, -0.1) is 0 Å². The molecule has 0 radical (unpaired) electrons. The van der Waals surface area contributed by atoms with Crippen molar-refractivity contribution in [2.45, 2.75) is 0 Å². The molecule has 1 N–H and O–H groups in total. The second kappa shape index (κ2) is 5.31. The topological polar surface area (TPSA) is 30.5 Å². The van der Waals surface area contributed by atoms with E-state index < -0.39 is 0 Å². The van der Waals surface area contributed by atoms with Gasteiger partial charge in [0.05, 0.1) is 0 Å². The van der Waals surface area contributed by atoms with Crippen molar-refractivity contribution < 1.29 is 9.47 Å². The van der Waals surface area contributed by atoms with Crippen LogP contribution in [0.4, 0.5) is 5.69 Å². The highest BCUT2D eigenvalue weighted by Gasteiger charge is 2.29. The van der Waals surface area contributed by atoms with Gasteiger partial charge in [-0.25, -0.2) is 0 Å². The van der Waals surface area contributed by atoms with Gasteiger partial charge in [0.1, 0.15) is 17.2 Å². The van der Waals surface area contributed by atoms with Crippen molar-refractivity contribution in [1.29, 1.82) is 0 Å². The third-order valence-corrected chi connectivity index (χ3v) is 6.95. The van der Waals surface area contributed by atoms with Crippen LogP contribution in [0.3, 0.4) is 0 Å². The average Bonchev–Trinajstić information content (AvgIpc) is 3.14. The first kappa shape index (κ1) is 15.4. The van der Waals surface area contributed by atoms with Crippen LogP contribution >= 0.6 is 11.3 Å². The molecule has 0 saturated carbocycles. The minimum Gasteiger partial charge on any atom is -0.456 e. The molecular formula is C25H15NO2S. The van der Waals surface area contributed by atoms with Crippen molar-refractivity contribution in [2.24, 2.45) is 0 Å². The molecule has 0 bridgehead atoms. The van der Waals surface area contributed by atoms with Crippen molar-refractivity contribution in [1.82, 2.24) is 0 Å². The molecule has 0 fully saturated rings. The zero-order valence-electron chi connectivity index (χ0n) is 15.6. The summed E-state index contributed by atoms with van der Waals surface area (Å²) < 4.78 is 13.9. The van der Waals surface area contributed by atoms with Crippen LogP contribution in [-0.4, -0.2) is 7.05 Å². The van der Waals surface area contributed by atoms with Crippen molar-refractivity contribution in [2.75, 3.05) is 12.4 Å². The summed E-state index contributed by atoms with van der Waals surface area (Å²) in [5.74, 6) is 2.67. The Morgan fingerprint density at radius 2 is 1.48 bits per heavy atom. The Bertz CT molecular complexity index is 1500. The molecule has 2 aliphatic rings. The highest BCUT2D eigenvalue weighted by atomic mass is 32.1. The van der Waals surface area contributed by atoms with Crippen LogP contribution in [-0.2, 0) is 0 Å². The maximum absolute atomic E-state index is 6.40. The number of anilines is 1. The van der Waals surface area contributed by atoms with Gasteiger partial charge in [-0.1, -0.05) is 29.5 Å². The van der Waals surface area contributed by atoms with E-state index in [0.717, 1.165) is 44.3 Å². The van der Waals surface area contributed by atoms with Crippen LogP contribution in [0.1, 0.15) is 0 Å². The van der Waals surface area contributed by atoms with Crippen molar-refractivity contribution in [3.63, 3.8) is 0 Å². The Labute approximate surface area is 171 Å². The molecule has 0 amide bonds. The van der Waals surface area contributed by atoms with Gasteiger partial charge >= 0.3 is 0 Å². The first-order chi connectivity index (χ1) is 14.3. The Balaban J connectivity index is 1.61. The second-order valence-corrected chi connectivity index (χ2v) is 8.41. The van der Waals surface area contributed by atoms with E-state index in [4.69, 9.17) is 9.47 Å².